The molecule has 2 rings (SSSR count). The van der Waals surface area contributed by atoms with E-state index in [1.165, 1.54) is 25.7 Å². The van der Waals surface area contributed by atoms with Gasteiger partial charge in [-0.1, -0.05) is 12.8 Å². The lowest BCUT2D eigenvalue weighted by molar-refractivity contribution is -0.136. The molecule has 110 valence electrons. The third-order valence-corrected chi connectivity index (χ3v) is 3.89. The Kier molecular flexibility index (Phi) is 4.93. The van der Waals surface area contributed by atoms with Crippen LogP contribution in [0.4, 0.5) is 5.95 Å². The third-order valence-electron chi connectivity index (χ3n) is 3.89. The highest BCUT2D eigenvalue weighted by Gasteiger charge is 2.16. The monoisotopic (exact) mass is 277 g/mol. The van der Waals surface area contributed by atoms with Gasteiger partial charge in [-0.05, 0) is 38.7 Å². The number of aryl methyl sites for hydroxylation is 2. The molecule has 0 aromatic carbocycles. The van der Waals surface area contributed by atoms with Crippen molar-refractivity contribution < 1.29 is 9.90 Å². The Morgan fingerprint density at radius 1 is 1.10 bits per heavy atom. The highest BCUT2D eigenvalue weighted by Crippen LogP contribution is 2.20. The Morgan fingerprint density at radius 2 is 1.65 bits per heavy atom. The Bertz CT molecular complexity index is 457. The molecule has 5 heteroatoms. The van der Waals surface area contributed by atoms with Crippen LogP contribution in [0.3, 0.4) is 0 Å². The van der Waals surface area contributed by atoms with Gasteiger partial charge >= 0.3 is 5.97 Å². The second kappa shape index (κ2) is 6.68. The van der Waals surface area contributed by atoms with E-state index in [1.807, 2.05) is 13.8 Å². The van der Waals surface area contributed by atoms with Crippen LogP contribution in [0.2, 0.25) is 0 Å². The topological polar surface area (TPSA) is 66.3 Å². The molecule has 1 aromatic heterocycles. The Hall–Kier alpha value is -1.65. The second-order valence-corrected chi connectivity index (χ2v) is 5.47. The number of nitrogens with zero attached hydrogens (tertiary/aromatic N) is 3. The van der Waals surface area contributed by atoms with Crippen molar-refractivity contribution >= 4 is 11.9 Å². The van der Waals surface area contributed by atoms with Crippen LogP contribution >= 0.6 is 0 Å². The molecule has 1 aromatic rings. The van der Waals surface area contributed by atoms with Gasteiger partial charge in [-0.3, -0.25) is 4.79 Å². The molecule has 1 N–H and O–H groups in total. The number of carboxylic acids is 1. The molecule has 5 nitrogen and oxygen atoms in total. The van der Waals surface area contributed by atoms with Gasteiger partial charge in [-0.25, -0.2) is 9.97 Å². The summed E-state index contributed by atoms with van der Waals surface area (Å²) in [6, 6.07) is 0. The normalized spacial score (nSPS) is 16.0. The zero-order valence-corrected chi connectivity index (χ0v) is 12.4. The summed E-state index contributed by atoms with van der Waals surface area (Å²) < 4.78 is 0. The first-order chi connectivity index (χ1) is 9.58. The van der Waals surface area contributed by atoms with Crippen molar-refractivity contribution in [3.8, 4) is 0 Å². The van der Waals surface area contributed by atoms with Gasteiger partial charge in [0.05, 0.1) is 0 Å². The van der Waals surface area contributed by atoms with Gasteiger partial charge < -0.3 is 10.0 Å². The molecule has 0 aliphatic carbocycles. The zero-order valence-electron chi connectivity index (χ0n) is 12.4. The number of anilines is 1. The van der Waals surface area contributed by atoms with Crippen LogP contribution in [0.5, 0.6) is 0 Å². The van der Waals surface area contributed by atoms with Crippen LogP contribution in [-0.4, -0.2) is 34.1 Å². The smallest absolute Gasteiger partial charge is 0.303 e. The fourth-order valence-electron chi connectivity index (χ4n) is 2.73. The van der Waals surface area contributed by atoms with E-state index in [2.05, 4.69) is 14.9 Å². The minimum absolute atomic E-state index is 0.133. The standard InChI is InChI=1S/C15H23N3O2/c1-11-13(7-8-14(19)20)12(2)17-15(16-11)18-9-5-3-4-6-10-18/h3-10H2,1-2H3,(H,19,20). The van der Waals surface area contributed by atoms with E-state index in [-0.39, 0.29) is 6.42 Å². The molecule has 1 aliphatic heterocycles. The Labute approximate surface area is 120 Å². The maximum Gasteiger partial charge on any atom is 0.303 e. The van der Waals surface area contributed by atoms with Crippen molar-refractivity contribution in [2.45, 2.75) is 52.4 Å². The predicted octanol–water partition coefficient (Wildman–Crippen LogP) is 2.49. The maximum absolute atomic E-state index is 10.7. The van der Waals surface area contributed by atoms with Crippen LogP contribution in [-0.2, 0) is 11.2 Å². The molecular weight excluding hydrogens is 254 g/mol. The van der Waals surface area contributed by atoms with Crippen molar-refractivity contribution in [1.29, 1.82) is 0 Å². The highest BCUT2D eigenvalue weighted by molar-refractivity contribution is 5.67. The summed E-state index contributed by atoms with van der Waals surface area (Å²) in [7, 11) is 0. The average molecular weight is 277 g/mol. The van der Waals surface area contributed by atoms with Gasteiger partial charge in [0.2, 0.25) is 5.95 Å². The summed E-state index contributed by atoms with van der Waals surface area (Å²) in [6.07, 6.45) is 5.60. The fourth-order valence-corrected chi connectivity index (χ4v) is 2.73. The van der Waals surface area contributed by atoms with Gasteiger partial charge in [0.1, 0.15) is 0 Å². The molecule has 0 saturated carbocycles. The molecule has 1 aliphatic rings. The van der Waals surface area contributed by atoms with Gasteiger partial charge in [0.25, 0.3) is 0 Å². The summed E-state index contributed by atoms with van der Waals surface area (Å²) in [6.45, 7) is 5.95. The molecule has 20 heavy (non-hydrogen) atoms. The third kappa shape index (κ3) is 3.68. The van der Waals surface area contributed by atoms with Crippen molar-refractivity contribution in [1.82, 2.24) is 9.97 Å². The molecular formula is C15H23N3O2. The van der Waals surface area contributed by atoms with Gasteiger partial charge in [-0.15, -0.1) is 0 Å². The van der Waals surface area contributed by atoms with Gasteiger partial charge in [0, 0.05) is 30.9 Å². The van der Waals surface area contributed by atoms with Crippen molar-refractivity contribution in [3.05, 3.63) is 17.0 Å². The van der Waals surface area contributed by atoms with E-state index >= 15 is 0 Å². The number of carbonyl (C=O) groups is 1. The van der Waals surface area contributed by atoms with E-state index < -0.39 is 5.97 Å². The Morgan fingerprint density at radius 3 is 2.15 bits per heavy atom. The van der Waals surface area contributed by atoms with Crippen LogP contribution in [0.1, 0.15) is 49.1 Å². The lowest BCUT2D eigenvalue weighted by Crippen LogP contribution is -2.27. The SMILES string of the molecule is Cc1nc(N2CCCCCC2)nc(C)c1CCC(=O)O. The quantitative estimate of drug-likeness (QED) is 0.916. The van der Waals surface area contributed by atoms with Crippen LogP contribution in [0.15, 0.2) is 0 Å². The van der Waals surface area contributed by atoms with Crippen molar-refractivity contribution in [2.75, 3.05) is 18.0 Å². The van der Waals surface area contributed by atoms with Crippen LogP contribution in [0, 0.1) is 13.8 Å². The number of aliphatic carboxylic acids is 1. The number of carboxylic acid groups (broad SMARTS) is 1. The van der Waals surface area contributed by atoms with E-state index in [4.69, 9.17) is 5.11 Å². The molecule has 0 atom stereocenters. The zero-order chi connectivity index (χ0) is 14.5. The van der Waals surface area contributed by atoms with E-state index in [0.717, 1.165) is 36.0 Å². The van der Waals surface area contributed by atoms with E-state index in [1.54, 1.807) is 0 Å². The van der Waals surface area contributed by atoms with Gasteiger partial charge in [0.15, 0.2) is 0 Å². The second-order valence-electron chi connectivity index (χ2n) is 5.47. The fraction of sp³-hybridized carbons (Fsp3) is 0.667. The minimum atomic E-state index is -0.777. The molecule has 1 saturated heterocycles. The summed E-state index contributed by atoms with van der Waals surface area (Å²) in [5.41, 5.74) is 2.81. The molecule has 1 fully saturated rings. The first kappa shape index (κ1) is 14.8. The summed E-state index contributed by atoms with van der Waals surface area (Å²) in [5.74, 6) is 0.0290. The number of hydrogen-bond donors (Lipinski definition) is 1. The maximum atomic E-state index is 10.7. The summed E-state index contributed by atoms with van der Waals surface area (Å²) in [4.78, 5) is 22.2. The summed E-state index contributed by atoms with van der Waals surface area (Å²) in [5, 5.41) is 8.80. The number of rotatable bonds is 4. The molecule has 0 bridgehead atoms. The molecule has 2 heterocycles. The van der Waals surface area contributed by atoms with Crippen molar-refractivity contribution in [2.24, 2.45) is 0 Å². The van der Waals surface area contributed by atoms with E-state index in [9.17, 15) is 4.79 Å². The first-order valence-electron chi connectivity index (χ1n) is 7.39. The minimum Gasteiger partial charge on any atom is -0.481 e. The number of hydrogen-bond acceptors (Lipinski definition) is 4. The van der Waals surface area contributed by atoms with E-state index in [0.29, 0.717) is 6.42 Å². The highest BCUT2D eigenvalue weighted by atomic mass is 16.4. The summed E-state index contributed by atoms with van der Waals surface area (Å²) >= 11 is 0. The predicted molar refractivity (Wildman–Crippen MR) is 78.1 cm³/mol. The molecule has 0 spiro atoms. The van der Waals surface area contributed by atoms with Crippen molar-refractivity contribution in [3.63, 3.8) is 0 Å². The lowest BCUT2D eigenvalue weighted by Gasteiger charge is -2.22. The molecule has 0 radical (unpaired) electrons. The number of aromatic nitrogens is 2. The molecule has 0 amide bonds. The van der Waals surface area contributed by atoms with Gasteiger partial charge in [-0.2, -0.15) is 0 Å². The molecule has 0 unspecified atom stereocenters. The Balaban J connectivity index is 2.17. The average Bonchev–Trinajstić information content (AvgIpc) is 2.66. The lowest BCUT2D eigenvalue weighted by atomic mass is 10.1. The van der Waals surface area contributed by atoms with Crippen LogP contribution < -0.4 is 4.90 Å². The first-order valence-corrected chi connectivity index (χ1v) is 7.39. The van der Waals surface area contributed by atoms with Crippen LogP contribution in [0.25, 0.3) is 0 Å². The largest absolute Gasteiger partial charge is 0.481 e.